The van der Waals surface area contributed by atoms with Crippen molar-refractivity contribution in [1.82, 2.24) is 4.72 Å². The van der Waals surface area contributed by atoms with Gasteiger partial charge >= 0.3 is 0 Å². The zero-order chi connectivity index (χ0) is 34.7. The van der Waals surface area contributed by atoms with Gasteiger partial charge in [0.2, 0.25) is 0 Å². The Morgan fingerprint density at radius 2 is 1.09 bits per heavy atom. The minimum Gasteiger partial charge on any atom is -0.496 e. The Hall–Kier alpha value is -3.18. The molecule has 5 nitrogen and oxygen atoms in total. The van der Waals surface area contributed by atoms with Crippen molar-refractivity contribution in [1.29, 1.82) is 0 Å². The van der Waals surface area contributed by atoms with Crippen LogP contribution < -0.4 is 34.8 Å². The van der Waals surface area contributed by atoms with Crippen LogP contribution in [0.5, 0.6) is 17.2 Å². The van der Waals surface area contributed by atoms with Gasteiger partial charge in [0.15, 0.2) is 11.5 Å². The van der Waals surface area contributed by atoms with Crippen molar-refractivity contribution in [2.24, 2.45) is 0 Å². The summed E-state index contributed by atoms with van der Waals surface area (Å²) in [4.78, 5) is 0. The van der Waals surface area contributed by atoms with Gasteiger partial charge < -0.3 is 14.2 Å². The second-order valence-electron chi connectivity index (χ2n) is 14.9. The van der Waals surface area contributed by atoms with E-state index in [9.17, 15) is 4.21 Å². The molecule has 4 aromatic carbocycles. The Labute approximate surface area is 286 Å². The molecule has 7 heteroatoms. The van der Waals surface area contributed by atoms with E-state index >= 15 is 0 Å². The van der Waals surface area contributed by atoms with Crippen molar-refractivity contribution in [2.75, 3.05) is 21.3 Å². The maximum Gasteiger partial charge on any atom is 0.161 e. The van der Waals surface area contributed by atoms with Gasteiger partial charge in [0, 0.05) is 11.1 Å². The van der Waals surface area contributed by atoms with Crippen LogP contribution in [0.4, 0.5) is 0 Å². The molecule has 4 rings (SSSR count). The van der Waals surface area contributed by atoms with Crippen LogP contribution in [0.15, 0.2) is 84.9 Å². The van der Waals surface area contributed by atoms with Crippen molar-refractivity contribution in [2.45, 2.75) is 83.9 Å². The zero-order valence-corrected chi connectivity index (χ0v) is 31.9. The van der Waals surface area contributed by atoms with Gasteiger partial charge in [0.25, 0.3) is 0 Å². The van der Waals surface area contributed by atoms with Crippen LogP contribution in [0.25, 0.3) is 0 Å². The largest absolute Gasteiger partial charge is 0.496 e. The number of hydrogen-bond acceptors (Lipinski definition) is 4. The first-order chi connectivity index (χ1) is 22.0. The molecule has 1 N–H and O–H groups in total. The third-order valence-corrected chi connectivity index (χ3v) is 12.2. The highest BCUT2D eigenvalue weighted by Gasteiger charge is 2.34. The molecular formula is C40H52NO4PS. The smallest absolute Gasteiger partial charge is 0.161 e. The maximum absolute atomic E-state index is 14.1. The minimum absolute atomic E-state index is 0.212. The van der Waals surface area contributed by atoms with Crippen molar-refractivity contribution in [3.05, 3.63) is 107 Å². The summed E-state index contributed by atoms with van der Waals surface area (Å²) >= 11 is 0. The van der Waals surface area contributed by atoms with Crippen LogP contribution in [0.2, 0.25) is 0 Å². The van der Waals surface area contributed by atoms with E-state index in [1.165, 1.54) is 10.6 Å². The van der Waals surface area contributed by atoms with E-state index in [1.54, 1.807) is 21.3 Å². The van der Waals surface area contributed by atoms with Gasteiger partial charge in [-0.25, -0.2) is 8.93 Å². The van der Waals surface area contributed by atoms with Crippen molar-refractivity contribution >= 4 is 34.8 Å². The average Bonchev–Trinajstić information content (AvgIpc) is 3.02. The lowest BCUT2D eigenvalue weighted by Gasteiger charge is -2.34. The molecule has 0 radical (unpaired) electrons. The predicted octanol–water partition coefficient (Wildman–Crippen LogP) is 8.21. The highest BCUT2D eigenvalue weighted by molar-refractivity contribution is 7.84. The van der Waals surface area contributed by atoms with Crippen LogP contribution in [0.1, 0.15) is 90.6 Å². The number of ether oxygens (including phenoxy) is 3. The fourth-order valence-corrected chi connectivity index (χ4v) is 8.96. The summed E-state index contributed by atoms with van der Waals surface area (Å²) in [5.74, 6) is 2.17. The van der Waals surface area contributed by atoms with Crippen LogP contribution in [-0.4, -0.2) is 30.3 Å². The van der Waals surface area contributed by atoms with Crippen molar-refractivity contribution < 1.29 is 18.4 Å². The van der Waals surface area contributed by atoms with Crippen LogP contribution in [-0.2, 0) is 21.8 Å². The topological polar surface area (TPSA) is 56.8 Å². The van der Waals surface area contributed by atoms with E-state index in [4.69, 9.17) is 14.2 Å². The fraction of sp³-hybridized carbons (Fsp3) is 0.400. The molecule has 0 fully saturated rings. The summed E-state index contributed by atoms with van der Waals surface area (Å²) < 4.78 is 35.2. The summed E-state index contributed by atoms with van der Waals surface area (Å²) in [7, 11) is 2.64. The molecule has 1 unspecified atom stereocenters. The molecule has 252 valence electrons. The lowest BCUT2D eigenvalue weighted by molar-refractivity contribution is 0.354. The lowest BCUT2D eigenvalue weighted by Crippen LogP contribution is -2.38. The van der Waals surface area contributed by atoms with E-state index in [0.29, 0.717) is 11.5 Å². The minimum atomic E-state index is -1.40. The molecule has 0 bridgehead atoms. The molecule has 0 aliphatic rings. The average molecular weight is 674 g/mol. The molecule has 0 spiro atoms. The predicted molar refractivity (Wildman–Crippen MR) is 202 cm³/mol. The molecular weight excluding hydrogens is 621 g/mol. The first kappa shape index (κ1) is 36.7. The standard InChI is InChI=1S/C40H52NO4PS/c1-38(2,3)31-23-27(24-32(37(31)45-12)39(4,5)6)36(41-47(42)40(7,8)9)30-25-33(43-10)34(44-11)26-35(30)46(28-19-15-13-16-20-28)29-21-17-14-18-22-29/h13-26,36,41H,1-12H3/t36-,47?/m1/s1. The summed E-state index contributed by atoms with van der Waals surface area (Å²) in [6.45, 7) is 19.3. The molecule has 47 heavy (non-hydrogen) atoms. The molecule has 0 saturated heterocycles. The molecule has 0 aliphatic heterocycles. The second-order valence-corrected chi connectivity index (χ2v) is 19.0. The van der Waals surface area contributed by atoms with E-state index in [0.717, 1.165) is 33.3 Å². The number of methoxy groups -OCH3 is 3. The SMILES string of the molecule is COc1cc([C@H](NS(=O)C(C)(C)C)c2cc(C(C)(C)C)c(OC)c(C(C)(C)C)c2)c(P(c2ccccc2)c2ccccc2)cc1OC. The van der Waals surface area contributed by atoms with E-state index in [-0.39, 0.29) is 10.8 Å². The Bertz CT molecular complexity index is 1610. The van der Waals surface area contributed by atoms with Crippen molar-refractivity contribution in [3.8, 4) is 17.2 Å². The van der Waals surface area contributed by atoms with E-state index in [1.807, 2.05) is 32.9 Å². The summed E-state index contributed by atoms with van der Waals surface area (Å²) in [5, 5.41) is 3.51. The third kappa shape index (κ3) is 8.28. The fourth-order valence-electron chi connectivity index (χ4n) is 5.64. The number of benzene rings is 4. The monoisotopic (exact) mass is 673 g/mol. The van der Waals surface area contributed by atoms with Gasteiger partial charge in [-0.05, 0) is 90.8 Å². The third-order valence-electron chi connectivity index (χ3n) is 8.16. The van der Waals surface area contributed by atoms with Gasteiger partial charge in [-0.2, -0.15) is 0 Å². The number of rotatable bonds is 10. The molecule has 4 aromatic rings. The van der Waals surface area contributed by atoms with Crippen molar-refractivity contribution in [3.63, 3.8) is 0 Å². The van der Waals surface area contributed by atoms with Gasteiger partial charge in [0.1, 0.15) is 5.75 Å². The van der Waals surface area contributed by atoms with Gasteiger partial charge in [-0.3, -0.25) is 0 Å². The Balaban J connectivity index is 2.18. The van der Waals surface area contributed by atoms with Crippen LogP contribution >= 0.6 is 7.92 Å². The molecule has 0 saturated carbocycles. The number of nitrogens with one attached hydrogen (secondary N) is 1. The second kappa shape index (κ2) is 14.5. The van der Waals surface area contributed by atoms with Crippen LogP contribution in [0, 0.1) is 0 Å². The van der Waals surface area contributed by atoms with E-state index < -0.39 is 29.7 Å². The zero-order valence-electron chi connectivity index (χ0n) is 30.1. The Kier molecular flexibility index (Phi) is 11.3. The first-order valence-electron chi connectivity index (χ1n) is 16.1. The Morgan fingerprint density at radius 3 is 1.47 bits per heavy atom. The Morgan fingerprint density at radius 1 is 0.638 bits per heavy atom. The van der Waals surface area contributed by atoms with Gasteiger partial charge in [0.05, 0.1) is 43.1 Å². The molecule has 0 heterocycles. The summed E-state index contributed by atoms with van der Waals surface area (Å²) in [6.07, 6.45) is 0. The first-order valence-corrected chi connectivity index (χ1v) is 18.6. The molecule has 2 atom stereocenters. The van der Waals surface area contributed by atoms with Crippen LogP contribution in [0.3, 0.4) is 0 Å². The highest BCUT2D eigenvalue weighted by atomic mass is 32.2. The summed E-state index contributed by atoms with van der Waals surface area (Å²) in [5.41, 5.74) is 3.79. The highest BCUT2D eigenvalue weighted by Crippen LogP contribution is 2.45. The maximum atomic E-state index is 14.1. The number of hydrogen-bond donors (Lipinski definition) is 1. The van der Waals surface area contributed by atoms with E-state index in [2.05, 4.69) is 119 Å². The molecule has 0 aromatic heterocycles. The van der Waals surface area contributed by atoms with Gasteiger partial charge in [-0.1, -0.05) is 102 Å². The van der Waals surface area contributed by atoms with Gasteiger partial charge in [-0.15, -0.1) is 0 Å². The quantitative estimate of drug-likeness (QED) is 0.173. The molecule has 0 aliphatic carbocycles. The lowest BCUT2D eigenvalue weighted by atomic mass is 9.77. The summed E-state index contributed by atoms with van der Waals surface area (Å²) in [6, 6.07) is 29.4. The molecule has 0 amide bonds. The normalized spacial score (nSPS) is 13.7.